The van der Waals surface area contributed by atoms with Gasteiger partial charge in [0.1, 0.15) is 46.1 Å². The van der Waals surface area contributed by atoms with Crippen molar-refractivity contribution in [1.82, 2.24) is 19.1 Å². The lowest BCUT2D eigenvalue weighted by molar-refractivity contribution is 0.443. The molecule has 0 N–H and O–H groups in total. The molecule has 0 unspecified atom stereocenters. The Balaban J connectivity index is 1.11. The predicted molar refractivity (Wildman–Crippen MR) is 214 cm³/mol. The third-order valence-corrected chi connectivity index (χ3v) is 11.3. The number of rotatable bonds is 3. The van der Waals surface area contributed by atoms with Crippen LogP contribution < -0.4 is 30.6 Å². The smallest absolute Gasteiger partial charge is 0.270 e. The molecule has 3 aliphatic rings. The molecule has 0 atom stereocenters. The number of aromatic nitrogens is 4. The van der Waals surface area contributed by atoms with Gasteiger partial charge in [-0.3, -0.25) is 9.13 Å². The van der Waals surface area contributed by atoms with E-state index in [2.05, 4.69) is 124 Å². The van der Waals surface area contributed by atoms with Crippen molar-refractivity contribution in [2.75, 3.05) is 0 Å². The minimum Gasteiger partial charge on any atom is -0.458 e. The van der Waals surface area contributed by atoms with E-state index in [1.54, 1.807) is 0 Å². The first-order valence-corrected chi connectivity index (χ1v) is 18.1. The average Bonchev–Trinajstić information content (AvgIpc) is 3.74. The van der Waals surface area contributed by atoms with Crippen molar-refractivity contribution in [3.8, 4) is 57.5 Å². The van der Waals surface area contributed by atoms with Crippen LogP contribution in [0, 0.1) is 0 Å². The molecule has 0 saturated carbocycles. The first kappa shape index (κ1) is 28.3. The number of fused-ring (bicyclic) bond motifs is 6. The van der Waals surface area contributed by atoms with Gasteiger partial charge in [-0.25, -0.2) is 9.97 Å². The number of nitrogens with zero attached hydrogens (tertiary/aromatic N) is 4. The van der Waals surface area contributed by atoms with Crippen LogP contribution in [0.25, 0.3) is 66.6 Å². The summed E-state index contributed by atoms with van der Waals surface area (Å²) in [5.41, 5.74) is 8.13. The third-order valence-electron chi connectivity index (χ3n) is 11.3. The van der Waals surface area contributed by atoms with Crippen molar-refractivity contribution < 1.29 is 14.2 Å². The molecular weight excluding hydrogens is 667 g/mol. The Hall–Kier alpha value is -7.32. The Morgan fingerprint density at radius 3 is 1.13 bits per heavy atom. The van der Waals surface area contributed by atoms with Gasteiger partial charge >= 0.3 is 0 Å². The van der Waals surface area contributed by atoms with Gasteiger partial charge in [0.15, 0.2) is 5.82 Å². The molecule has 7 nitrogen and oxygen atoms in total. The van der Waals surface area contributed by atoms with Crippen LogP contribution in [0.5, 0.6) is 34.5 Å². The van der Waals surface area contributed by atoms with Crippen LogP contribution in [0.2, 0.25) is 0 Å². The molecule has 0 saturated heterocycles. The van der Waals surface area contributed by atoms with Crippen LogP contribution >= 0.6 is 0 Å². The molecule has 54 heavy (non-hydrogen) atoms. The largest absolute Gasteiger partial charge is 0.458 e. The molecule has 13 rings (SSSR count). The fourth-order valence-corrected chi connectivity index (χ4v) is 9.06. The van der Waals surface area contributed by atoms with Gasteiger partial charge in [0, 0.05) is 49.6 Å². The Bertz CT molecular complexity index is 2980. The summed E-state index contributed by atoms with van der Waals surface area (Å²) >= 11 is 0. The van der Waals surface area contributed by atoms with Gasteiger partial charge < -0.3 is 14.2 Å². The number of ether oxygens (including phenoxy) is 3. The quantitative estimate of drug-likeness (QED) is 0.173. The zero-order valence-corrected chi connectivity index (χ0v) is 28.5. The van der Waals surface area contributed by atoms with Crippen LogP contribution in [0.4, 0.5) is 0 Å². The van der Waals surface area contributed by atoms with Crippen LogP contribution in [-0.2, 0) is 0 Å². The summed E-state index contributed by atoms with van der Waals surface area (Å²) in [7, 11) is 0. The molecule has 0 bridgehead atoms. The van der Waals surface area contributed by atoms with Crippen LogP contribution in [0.1, 0.15) is 0 Å². The number of benzene rings is 7. The summed E-state index contributed by atoms with van der Waals surface area (Å²) in [6, 6.07) is 52.3. The first-order valence-electron chi connectivity index (χ1n) is 18.1. The molecular formula is C46H25BN4O3. The van der Waals surface area contributed by atoms with E-state index in [1.807, 2.05) is 36.4 Å². The summed E-state index contributed by atoms with van der Waals surface area (Å²) in [5.74, 6) is 6.71. The highest BCUT2D eigenvalue weighted by molar-refractivity contribution is 6.99. The Morgan fingerprint density at radius 2 is 0.722 bits per heavy atom. The van der Waals surface area contributed by atoms with Crippen molar-refractivity contribution in [3.63, 3.8) is 0 Å². The average molecular weight is 693 g/mol. The van der Waals surface area contributed by atoms with E-state index in [-0.39, 0.29) is 6.71 Å². The standard InChI is InChI=1S/C46H25BN4O3/c1-5-15-31-27(11-1)28-12-2-6-16-32(28)50(31)41-25-42(51-33-17-7-3-13-29(33)30-14-4-8-18-34(30)51)49-46(48-41)26-23-39-45-40(24-26)54-38-22-10-20-36-44(38)47(45)43-35(52-36)19-9-21-37(43)53-39/h1-25H. The fraction of sp³-hybridized carbons (Fsp3) is 0. The second-order valence-corrected chi connectivity index (χ2v) is 14.1. The highest BCUT2D eigenvalue weighted by Crippen LogP contribution is 2.43. The Labute approximate surface area is 308 Å². The van der Waals surface area contributed by atoms with Crippen molar-refractivity contribution in [3.05, 3.63) is 152 Å². The maximum atomic E-state index is 6.72. The molecule has 0 fully saturated rings. The topological polar surface area (TPSA) is 63.3 Å². The molecule has 6 heterocycles. The van der Waals surface area contributed by atoms with Gasteiger partial charge in [-0.15, -0.1) is 0 Å². The lowest BCUT2D eigenvalue weighted by atomic mass is 9.34. The predicted octanol–water partition coefficient (Wildman–Crippen LogP) is 9.17. The zero-order chi connectivity index (χ0) is 35.1. The van der Waals surface area contributed by atoms with Crippen LogP contribution in [0.15, 0.2) is 152 Å². The second-order valence-electron chi connectivity index (χ2n) is 14.1. The molecule has 8 heteroatoms. The van der Waals surface area contributed by atoms with Gasteiger partial charge in [-0.2, -0.15) is 0 Å². The van der Waals surface area contributed by atoms with E-state index in [0.717, 1.165) is 90.2 Å². The van der Waals surface area contributed by atoms with E-state index >= 15 is 0 Å². The number of para-hydroxylation sites is 4. The van der Waals surface area contributed by atoms with Gasteiger partial charge in [0.25, 0.3) is 6.71 Å². The highest BCUT2D eigenvalue weighted by atomic mass is 16.5. The van der Waals surface area contributed by atoms with E-state index in [1.165, 1.54) is 21.5 Å². The monoisotopic (exact) mass is 692 g/mol. The third kappa shape index (κ3) is 3.66. The van der Waals surface area contributed by atoms with Crippen molar-refractivity contribution in [2.45, 2.75) is 0 Å². The maximum Gasteiger partial charge on any atom is 0.270 e. The molecule has 7 aromatic carbocycles. The molecule has 10 aromatic rings. The summed E-state index contributed by atoms with van der Waals surface area (Å²) in [6.07, 6.45) is 0. The second kappa shape index (κ2) is 10.2. The van der Waals surface area contributed by atoms with Gasteiger partial charge in [-0.05, 0) is 60.7 Å². The summed E-state index contributed by atoms with van der Waals surface area (Å²) in [4.78, 5) is 10.8. The van der Waals surface area contributed by atoms with E-state index in [0.29, 0.717) is 5.82 Å². The molecule has 3 aliphatic heterocycles. The molecule has 0 radical (unpaired) electrons. The number of hydrogen-bond donors (Lipinski definition) is 0. The van der Waals surface area contributed by atoms with Crippen molar-refractivity contribution in [2.24, 2.45) is 0 Å². The van der Waals surface area contributed by atoms with Crippen molar-refractivity contribution >= 4 is 66.7 Å². The van der Waals surface area contributed by atoms with Gasteiger partial charge in [0.05, 0.1) is 22.1 Å². The molecule has 3 aromatic heterocycles. The molecule has 250 valence electrons. The maximum absolute atomic E-state index is 6.72. The lowest BCUT2D eigenvalue weighted by Gasteiger charge is -2.37. The summed E-state index contributed by atoms with van der Waals surface area (Å²) in [6.45, 7) is -0.0734. The van der Waals surface area contributed by atoms with Crippen LogP contribution in [-0.4, -0.2) is 25.8 Å². The van der Waals surface area contributed by atoms with Crippen LogP contribution in [0.3, 0.4) is 0 Å². The molecule has 0 aliphatic carbocycles. The van der Waals surface area contributed by atoms with E-state index in [4.69, 9.17) is 24.2 Å². The minimum absolute atomic E-state index is 0.0734. The van der Waals surface area contributed by atoms with E-state index < -0.39 is 0 Å². The molecule has 0 amide bonds. The fourth-order valence-electron chi connectivity index (χ4n) is 9.06. The lowest BCUT2D eigenvalue weighted by Crippen LogP contribution is -2.59. The normalized spacial score (nSPS) is 13.2. The van der Waals surface area contributed by atoms with Gasteiger partial charge in [0.2, 0.25) is 0 Å². The summed E-state index contributed by atoms with van der Waals surface area (Å²) < 4.78 is 24.3. The Kier molecular flexibility index (Phi) is 5.33. The van der Waals surface area contributed by atoms with E-state index in [9.17, 15) is 0 Å². The highest BCUT2D eigenvalue weighted by Gasteiger charge is 2.46. The number of hydrogen-bond acceptors (Lipinski definition) is 5. The summed E-state index contributed by atoms with van der Waals surface area (Å²) in [5, 5.41) is 4.66. The van der Waals surface area contributed by atoms with Crippen molar-refractivity contribution in [1.29, 1.82) is 0 Å². The SMILES string of the molecule is c1cc2c3c(c1)Oc1cc(-c4nc(-n5c6ccccc6c6ccccc65)cc(-n5c6ccccc6c6ccccc65)n4)cc4c1B3c1c(cccc1O4)O2. The zero-order valence-electron chi connectivity index (χ0n) is 28.5. The molecule has 0 spiro atoms. The first-order chi connectivity index (χ1) is 26.8. The minimum atomic E-state index is -0.0734. The van der Waals surface area contributed by atoms with Gasteiger partial charge in [-0.1, -0.05) is 84.9 Å². The Morgan fingerprint density at radius 1 is 0.370 bits per heavy atom.